The van der Waals surface area contributed by atoms with Gasteiger partial charge in [0.05, 0.1) is 6.04 Å². The highest BCUT2D eigenvalue weighted by Crippen LogP contribution is 2.35. The number of rotatable bonds is 4. The molecule has 3 rings (SSSR count). The van der Waals surface area contributed by atoms with Crippen LogP contribution in [-0.4, -0.2) is 28.6 Å². The molecule has 3 nitrogen and oxygen atoms in total. The van der Waals surface area contributed by atoms with E-state index in [9.17, 15) is 9.90 Å². The molecule has 1 N–H and O–H groups in total. The summed E-state index contributed by atoms with van der Waals surface area (Å²) in [4.78, 5) is 14.0. The van der Waals surface area contributed by atoms with E-state index in [1.165, 1.54) is 11.1 Å². The first-order valence-electron chi connectivity index (χ1n) is 8.78. The molecule has 0 saturated carbocycles. The number of carboxylic acids is 1. The van der Waals surface area contributed by atoms with Gasteiger partial charge in [-0.2, -0.15) is 0 Å². The van der Waals surface area contributed by atoms with Gasteiger partial charge in [-0.15, -0.1) is 0 Å². The molecule has 2 atom stereocenters. The van der Waals surface area contributed by atoms with Gasteiger partial charge in [0.15, 0.2) is 0 Å². The number of carbonyl (C=O) groups is 1. The Balaban J connectivity index is 2.10. The molecule has 0 bridgehead atoms. The van der Waals surface area contributed by atoms with Gasteiger partial charge in [0.1, 0.15) is 6.04 Å². The minimum absolute atomic E-state index is 0.0720. The molecule has 132 valence electrons. The van der Waals surface area contributed by atoms with E-state index in [1.54, 1.807) is 0 Å². The van der Waals surface area contributed by atoms with Gasteiger partial charge in [-0.25, -0.2) is 0 Å². The maximum Gasteiger partial charge on any atom is 0.320 e. The molecule has 1 aliphatic rings. The number of benzene rings is 2. The lowest BCUT2D eigenvalue weighted by Crippen LogP contribution is -2.46. The molecular weight excluding hydrogens is 334 g/mol. The summed E-state index contributed by atoms with van der Waals surface area (Å²) in [5, 5.41) is 10.4. The molecule has 1 aliphatic heterocycles. The molecule has 2 aromatic rings. The van der Waals surface area contributed by atoms with E-state index in [0.717, 1.165) is 30.5 Å². The van der Waals surface area contributed by atoms with E-state index in [-0.39, 0.29) is 6.04 Å². The van der Waals surface area contributed by atoms with E-state index in [4.69, 9.17) is 11.6 Å². The van der Waals surface area contributed by atoms with Crippen molar-refractivity contribution in [3.05, 3.63) is 69.7 Å². The van der Waals surface area contributed by atoms with Gasteiger partial charge >= 0.3 is 5.97 Å². The molecule has 2 unspecified atom stereocenters. The topological polar surface area (TPSA) is 40.5 Å². The zero-order valence-electron chi connectivity index (χ0n) is 14.7. The van der Waals surface area contributed by atoms with Crippen molar-refractivity contribution < 1.29 is 9.90 Å². The Hall–Kier alpha value is -1.84. The largest absolute Gasteiger partial charge is 0.480 e. The second-order valence-corrected chi connectivity index (χ2v) is 7.40. The van der Waals surface area contributed by atoms with Crippen LogP contribution in [0.15, 0.2) is 42.5 Å². The summed E-state index contributed by atoms with van der Waals surface area (Å²) in [5.74, 6) is -0.733. The van der Waals surface area contributed by atoms with E-state index < -0.39 is 12.0 Å². The summed E-state index contributed by atoms with van der Waals surface area (Å²) in [5.41, 5.74) is 4.62. The summed E-state index contributed by atoms with van der Waals surface area (Å²) >= 11 is 6.07. The molecule has 0 amide bonds. The molecular formula is C21H24ClNO2. The second-order valence-electron chi connectivity index (χ2n) is 6.96. The van der Waals surface area contributed by atoms with Crippen molar-refractivity contribution in [2.75, 3.05) is 6.54 Å². The smallest absolute Gasteiger partial charge is 0.320 e. The van der Waals surface area contributed by atoms with Gasteiger partial charge < -0.3 is 5.11 Å². The van der Waals surface area contributed by atoms with Crippen LogP contribution < -0.4 is 0 Å². The van der Waals surface area contributed by atoms with Crippen LogP contribution in [0.2, 0.25) is 5.02 Å². The van der Waals surface area contributed by atoms with E-state index in [2.05, 4.69) is 36.9 Å². The molecule has 0 spiro atoms. The molecule has 1 heterocycles. The molecule has 4 heteroatoms. The van der Waals surface area contributed by atoms with Crippen molar-refractivity contribution in [2.45, 2.75) is 45.2 Å². The van der Waals surface area contributed by atoms with Crippen LogP contribution in [0.4, 0.5) is 0 Å². The number of hydrogen-bond donors (Lipinski definition) is 1. The van der Waals surface area contributed by atoms with Crippen molar-refractivity contribution in [3.8, 4) is 0 Å². The van der Waals surface area contributed by atoms with Crippen molar-refractivity contribution >= 4 is 17.6 Å². The van der Waals surface area contributed by atoms with E-state index in [0.29, 0.717) is 11.4 Å². The van der Waals surface area contributed by atoms with Crippen LogP contribution in [0.25, 0.3) is 0 Å². The lowest BCUT2D eigenvalue weighted by atomic mass is 9.90. The predicted octanol–water partition coefficient (Wildman–Crippen LogP) is 4.99. The summed E-state index contributed by atoms with van der Waals surface area (Å²) in [7, 11) is 0. The molecule has 25 heavy (non-hydrogen) atoms. The van der Waals surface area contributed by atoms with Crippen molar-refractivity contribution in [3.63, 3.8) is 0 Å². The van der Waals surface area contributed by atoms with Crippen molar-refractivity contribution in [1.29, 1.82) is 0 Å². The summed E-state index contributed by atoms with van der Waals surface area (Å²) in [6.07, 6.45) is 2.69. The highest BCUT2D eigenvalue weighted by Gasteiger charge is 2.35. The van der Waals surface area contributed by atoms with Crippen LogP contribution in [0, 0.1) is 13.8 Å². The fourth-order valence-corrected chi connectivity index (χ4v) is 4.04. The predicted molar refractivity (Wildman–Crippen MR) is 101 cm³/mol. The van der Waals surface area contributed by atoms with E-state index >= 15 is 0 Å². The third-order valence-electron chi connectivity index (χ3n) is 4.91. The lowest BCUT2D eigenvalue weighted by molar-refractivity contribution is -0.145. The minimum atomic E-state index is -0.733. The maximum atomic E-state index is 11.9. The maximum absolute atomic E-state index is 11.9. The van der Waals surface area contributed by atoms with Crippen molar-refractivity contribution in [1.82, 2.24) is 4.90 Å². The second kappa shape index (κ2) is 7.59. The SMILES string of the molecule is Cc1cc(C)cc(C(c2ccc(Cl)cc2)N2CCCCC2C(=O)O)c1. The number of aliphatic carboxylic acids is 1. The first kappa shape index (κ1) is 18.0. The number of hydrogen-bond acceptors (Lipinski definition) is 2. The fraction of sp³-hybridized carbons (Fsp3) is 0.381. The minimum Gasteiger partial charge on any atom is -0.480 e. The molecule has 0 aliphatic carbocycles. The number of carboxylic acid groups (broad SMARTS) is 1. The van der Waals surface area contributed by atoms with Gasteiger partial charge in [0.2, 0.25) is 0 Å². The highest BCUT2D eigenvalue weighted by atomic mass is 35.5. The normalized spacial score (nSPS) is 19.6. The highest BCUT2D eigenvalue weighted by molar-refractivity contribution is 6.30. The Morgan fingerprint density at radius 3 is 2.32 bits per heavy atom. The quantitative estimate of drug-likeness (QED) is 0.838. The Morgan fingerprint density at radius 1 is 1.08 bits per heavy atom. The number of piperidine rings is 1. The summed E-state index contributed by atoms with van der Waals surface area (Å²) < 4.78 is 0. The number of nitrogens with zero attached hydrogens (tertiary/aromatic N) is 1. The number of halogens is 1. The average molecular weight is 358 g/mol. The van der Waals surface area contributed by atoms with Gasteiger partial charge in [-0.05, 0) is 56.5 Å². The van der Waals surface area contributed by atoms with Gasteiger partial charge in [-0.1, -0.05) is 59.5 Å². The van der Waals surface area contributed by atoms with Gasteiger partial charge in [0, 0.05) is 5.02 Å². The molecule has 1 fully saturated rings. The monoisotopic (exact) mass is 357 g/mol. The van der Waals surface area contributed by atoms with Crippen LogP contribution >= 0.6 is 11.6 Å². The first-order chi connectivity index (χ1) is 12.0. The lowest BCUT2D eigenvalue weighted by Gasteiger charge is -2.40. The standard InChI is InChI=1S/C21H24ClNO2/c1-14-11-15(2)13-17(12-14)20(16-6-8-18(22)9-7-16)23-10-4-3-5-19(23)21(24)25/h6-9,11-13,19-20H,3-5,10H2,1-2H3,(H,24,25). The van der Waals surface area contributed by atoms with Crippen molar-refractivity contribution in [2.24, 2.45) is 0 Å². The van der Waals surface area contributed by atoms with Gasteiger partial charge in [0.25, 0.3) is 0 Å². The molecule has 0 aromatic heterocycles. The van der Waals surface area contributed by atoms with Crippen LogP contribution in [-0.2, 0) is 4.79 Å². The number of aryl methyl sites for hydroxylation is 2. The molecule has 1 saturated heterocycles. The zero-order chi connectivity index (χ0) is 18.0. The Bertz CT molecular complexity index is 737. The third kappa shape index (κ3) is 4.05. The van der Waals surface area contributed by atoms with E-state index in [1.807, 2.05) is 24.3 Å². The summed E-state index contributed by atoms with van der Waals surface area (Å²) in [6.45, 7) is 4.96. The zero-order valence-corrected chi connectivity index (χ0v) is 15.5. The summed E-state index contributed by atoms with van der Waals surface area (Å²) in [6, 6.07) is 13.7. The Kier molecular flexibility index (Phi) is 5.45. The molecule has 2 aromatic carbocycles. The van der Waals surface area contributed by atoms with Crippen LogP contribution in [0.3, 0.4) is 0 Å². The van der Waals surface area contributed by atoms with Crippen LogP contribution in [0.1, 0.15) is 47.6 Å². The van der Waals surface area contributed by atoms with Gasteiger partial charge in [-0.3, -0.25) is 9.69 Å². The first-order valence-corrected chi connectivity index (χ1v) is 9.15. The average Bonchev–Trinajstić information content (AvgIpc) is 2.56. The molecule has 0 radical (unpaired) electrons. The fourth-order valence-electron chi connectivity index (χ4n) is 3.92. The third-order valence-corrected chi connectivity index (χ3v) is 5.16. The Morgan fingerprint density at radius 2 is 1.72 bits per heavy atom. The Labute approximate surface area is 154 Å². The van der Waals surface area contributed by atoms with Crippen LogP contribution in [0.5, 0.6) is 0 Å². The number of likely N-dealkylation sites (tertiary alicyclic amines) is 1.